The number of rotatable bonds is 1. The van der Waals surface area contributed by atoms with Crippen molar-refractivity contribution in [2.75, 3.05) is 0 Å². The summed E-state index contributed by atoms with van der Waals surface area (Å²) in [5.41, 5.74) is -1.73. The predicted octanol–water partition coefficient (Wildman–Crippen LogP) is -0.117. The summed E-state index contributed by atoms with van der Waals surface area (Å²) in [7, 11) is 0. The fourth-order valence-corrected chi connectivity index (χ4v) is 1.57. The molecule has 4 unspecified atom stereocenters. The highest BCUT2D eigenvalue weighted by Gasteiger charge is 2.49. The van der Waals surface area contributed by atoms with E-state index in [1.807, 2.05) is 0 Å². The molecule has 0 aromatic heterocycles. The molecule has 0 fully saturated rings. The summed E-state index contributed by atoms with van der Waals surface area (Å²) in [6.07, 6.45) is -1.38. The molecule has 0 aliphatic heterocycles. The molecule has 0 aromatic carbocycles. The van der Waals surface area contributed by atoms with Crippen molar-refractivity contribution >= 4 is 11.6 Å². The molecule has 0 spiro atoms. The molecule has 3 N–H and O–H groups in total. The van der Waals surface area contributed by atoms with Crippen LogP contribution in [0.4, 0.5) is 0 Å². The van der Waals surface area contributed by atoms with E-state index in [0.29, 0.717) is 0 Å². The van der Waals surface area contributed by atoms with Crippen LogP contribution in [0.1, 0.15) is 6.92 Å². The summed E-state index contributed by atoms with van der Waals surface area (Å²) in [5, 5.41) is 27.4. The van der Waals surface area contributed by atoms with Gasteiger partial charge in [0.05, 0.1) is 24.2 Å². The van der Waals surface area contributed by atoms with Crippen molar-refractivity contribution in [3.8, 4) is 0 Å². The predicted molar refractivity (Wildman–Crippen MR) is 47.0 cm³/mol. The van der Waals surface area contributed by atoms with Crippen LogP contribution in [-0.2, 0) is 0 Å². The highest BCUT2D eigenvalue weighted by molar-refractivity contribution is 6.23. The van der Waals surface area contributed by atoms with Gasteiger partial charge in [0.25, 0.3) is 0 Å². The van der Waals surface area contributed by atoms with Crippen LogP contribution in [0, 0.1) is 6.57 Å². The number of alkyl halides is 1. The fourth-order valence-electron chi connectivity index (χ4n) is 1.26. The quantitative estimate of drug-likeness (QED) is 0.411. The van der Waals surface area contributed by atoms with Crippen LogP contribution >= 0.6 is 11.6 Å². The minimum absolute atomic E-state index is 0.0672. The topological polar surface area (TPSA) is 65.0 Å². The summed E-state index contributed by atoms with van der Waals surface area (Å²) >= 11 is 5.65. The van der Waals surface area contributed by atoms with Crippen LogP contribution in [0.25, 0.3) is 4.85 Å². The molecule has 0 amide bonds. The summed E-state index contributed by atoms with van der Waals surface area (Å²) in [4.78, 5) is 3.04. The van der Waals surface area contributed by atoms with Crippen molar-refractivity contribution in [1.29, 1.82) is 0 Å². The van der Waals surface area contributed by atoms with Crippen LogP contribution < -0.4 is 0 Å². The van der Waals surface area contributed by atoms with Crippen molar-refractivity contribution in [3.05, 3.63) is 23.2 Å². The molecule has 4 nitrogen and oxygen atoms in total. The second-order valence-electron chi connectivity index (χ2n) is 3.09. The van der Waals surface area contributed by atoms with Gasteiger partial charge in [-0.2, -0.15) is 0 Å². The van der Waals surface area contributed by atoms with E-state index in [1.54, 1.807) is 0 Å². The molecule has 4 atom stereocenters. The van der Waals surface area contributed by atoms with Gasteiger partial charge >= 0.3 is 0 Å². The van der Waals surface area contributed by atoms with Crippen LogP contribution in [0.5, 0.6) is 0 Å². The lowest BCUT2D eigenvalue weighted by Gasteiger charge is -2.29. The van der Waals surface area contributed by atoms with Crippen molar-refractivity contribution < 1.29 is 15.3 Å². The first-order valence-corrected chi connectivity index (χ1v) is 4.20. The monoisotopic (exact) mass is 203 g/mol. The Morgan fingerprint density at radius 2 is 2.31 bits per heavy atom. The molecular weight excluding hydrogens is 194 g/mol. The van der Waals surface area contributed by atoms with Crippen LogP contribution in [0.3, 0.4) is 0 Å². The zero-order valence-electron chi connectivity index (χ0n) is 6.98. The minimum atomic E-state index is -1.80. The molecule has 1 aliphatic carbocycles. The van der Waals surface area contributed by atoms with Gasteiger partial charge in [0.2, 0.25) is 0 Å². The highest BCUT2D eigenvalue weighted by Crippen LogP contribution is 2.35. The third-order valence-electron chi connectivity index (χ3n) is 2.21. The molecule has 0 bridgehead atoms. The molecule has 5 heteroatoms. The third-order valence-corrected chi connectivity index (χ3v) is 2.67. The van der Waals surface area contributed by atoms with Gasteiger partial charge in [-0.05, 0) is 13.0 Å². The minimum Gasteiger partial charge on any atom is -0.390 e. The molecule has 0 aromatic rings. The molecule has 13 heavy (non-hydrogen) atoms. The van der Waals surface area contributed by atoms with Crippen molar-refractivity contribution in [2.45, 2.75) is 30.1 Å². The molecule has 0 heterocycles. The Bertz CT molecular complexity index is 284. The Labute approximate surface area is 80.9 Å². The Hall–Kier alpha value is -0.600. The molecule has 0 saturated carbocycles. The first-order chi connectivity index (χ1) is 5.93. The lowest BCUT2D eigenvalue weighted by molar-refractivity contribution is -0.0974. The molecule has 1 aliphatic rings. The van der Waals surface area contributed by atoms with Crippen molar-refractivity contribution in [3.63, 3.8) is 0 Å². The maximum Gasteiger partial charge on any atom is 0.184 e. The van der Waals surface area contributed by atoms with Gasteiger partial charge in [-0.15, -0.1) is 11.6 Å². The number of hydrogen-bond donors (Lipinski definition) is 3. The Morgan fingerprint density at radius 3 is 2.54 bits per heavy atom. The van der Waals surface area contributed by atoms with Gasteiger partial charge in [0, 0.05) is 0 Å². The van der Waals surface area contributed by atoms with E-state index in [4.69, 9.17) is 18.2 Å². The van der Waals surface area contributed by atoms with Gasteiger partial charge in [-0.3, -0.25) is 0 Å². The molecule has 0 saturated heterocycles. The number of hydrogen-bond acceptors (Lipinski definition) is 3. The Kier molecular flexibility index (Phi) is 2.64. The summed E-state index contributed by atoms with van der Waals surface area (Å²) in [6.45, 7) is 8.04. The molecule has 72 valence electrons. The molecular formula is C8H10ClNO3. The second-order valence-corrected chi connectivity index (χ2v) is 3.56. The van der Waals surface area contributed by atoms with Gasteiger partial charge in [-0.25, -0.2) is 4.85 Å². The SMILES string of the molecule is [C-]#[N+]C1=CC(O)(C(C)O)C(O)C1Cl. The maximum absolute atomic E-state index is 9.70. The normalized spacial score (nSPS) is 41.1. The third kappa shape index (κ3) is 1.45. The standard InChI is InChI=1S/C8H10ClNO3/c1-4(11)8(13)3-5(10-2)6(9)7(8)12/h3-4,6-7,11-13H,1H3. The lowest BCUT2D eigenvalue weighted by Crippen LogP contribution is -2.49. The first-order valence-electron chi connectivity index (χ1n) is 3.76. The number of nitrogens with zero attached hydrogens (tertiary/aromatic N) is 1. The number of aliphatic hydroxyl groups excluding tert-OH is 2. The summed E-state index contributed by atoms with van der Waals surface area (Å²) in [5.74, 6) is 0. The Morgan fingerprint density at radius 1 is 1.77 bits per heavy atom. The summed E-state index contributed by atoms with van der Waals surface area (Å²) in [6, 6.07) is 0. The largest absolute Gasteiger partial charge is 0.390 e. The van der Waals surface area contributed by atoms with E-state index < -0.39 is 23.2 Å². The average Bonchev–Trinajstić information content (AvgIpc) is 2.31. The van der Waals surface area contributed by atoms with Gasteiger partial charge in [0.15, 0.2) is 5.70 Å². The first kappa shape index (κ1) is 10.5. The highest BCUT2D eigenvalue weighted by atomic mass is 35.5. The van der Waals surface area contributed by atoms with E-state index in [2.05, 4.69) is 4.85 Å². The zero-order valence-corrected chi connectivity index (χ0v) is 7.73. The van der Waals surface area contributed by atoms with E-state index in [1.165, 1.54) is 6.92 Å². The summed E-state index contributed by atoms with van der Waals surface area (Å²) < 4.78 is 0. The lowest BCUT2D eigenvalue weighted by atomic mass is 9.95. The van der Waals surface area contributed by atoms with E-state index in [-0.39, 0.29) is 5.70 Å². The van der Waals surface area contributed by atoms with E-state index in [0.717, 1.165) is 6.08 Å². The van der Waals surface area contributed by atoms with Gasteiger partial charge < -0.3 is 15.3 Å². The number of halogens is 1. The molecule has 0 radical (unpaired) electrons. The van der Waals surface area contributed by atoms with Gasteiger partial charge in [0.1, 0.15) is 5.60 Å². The van der Waals surface area contributed by atoms with Gasteiger partial charge in [-0.1, -0.05) is 0 Å². The van der Waals surface area contributed by atoms with Crippen LogP contribution in [-0.4, -0.2) is 38.5 Å². The van der Waals surface area contributed by atoms with E-state index >= 15 is 0 Å². The van der Waals surface area contributed by atoms with Crippen molar-refractivity contribution in [1.82, 2.24) is 0 Å². The average molecular weight is 204 g/mol. The van der Waals surface area contributed by atoms with Crippen LogP contribution in [0.2, 0.25) is 0 Å². The number of aliphatic hydroxyl groups is 3. The van der Waals surface area contributed by atoms with Crippen LogP contribution in [0.15, 0.2) is 11.8 Å². The zero-order chi connectivity index (χ0) is 10.2. The smallest absolute Gasteiger partial charge is 0.184 e. The maximum atomic E-state index is 9.70. The molecule has 1 rings (SSSR count). The fraction of sp³-hybridized carbons (Fsp3) is 0.625. The Balaban J connectivity index is 3.05. The second kappa shape index (κ2) is 3.28. The van der Waals surface area contributed by atoms with Crippen molar-refractivity contribution in [2.24, 2.45) is 0 Å². The van der Waals surface area contributed by atoms with E-state index in [9.17, 15) is 15.3 Å².